The SMILES string of the molecule is CN[C@H]1CCN(c2ccccc2C2SC(CC(=O)N3CCC(n4c(=O)[nH]c5ncccc54)CC3)C(=O)N2CCC(C)(C)C)C1. The average Bonchev–Trinajstić information content (AvgIpc) is 3.71. The fourth-order valence-corrected chi connectivity index (χ4v) is 8.33. The van der Waals surface area contributed by atoms with Gasteiger partial charge in [0.2, 0.25) is 11.8 Å². The number of likely N-dealkylation sites (tertiary alicyclic amines) is 1. The molecule has 2 aromatic heterocycles. The molecule has 10 nitrogen and oxygen atoms in total. The fourth-order valence-electron chi connectivity index (χ4n) is 6.83. The molecule has 0 spiro atoms. The van der Waals surface area contributed by atoms with Crippen molar-refractivity contribution in [3.63, 3.8) is 0 Å². The maximum absolute atomic E-state index is 14.0. The van der Waals surface area contributed by atoms with Crippen molar-refractivity contribution in [2.24, 2.45) is 5.41 Å². The van der Waals surface area contributed by atoms with E-state index in [1.54, 1.807) is 22.5 Å². The minimum Gasteiger partial charge on any atom is -0.370 e. The number of nitrogens with zero attached hydrogens (tertiary/aromatic N) is 5. The molecule has 6 rings (SSSR count). The summed E-state index contributed by atoms with van der Waals surface area (Å²) in [5.74, 6) is 0.0815. The standard InChI is InChI=1S/C33H45N7O3S/c1-33(2,3)14-19-39-30(42)27(44-31(39)24-8-5-6-9-25(24)38-16-11-22(21-38)34-4)20-28(41)37-17-12-23(13-18-37)40-26-10-7-15-35-29(26)36-32(40)43/h5-10,15,22-23,27,31,34H,11-14,16-21H2,1-4H3,(H,35,36,43)/t22-,27?,31?/m0/s1. The lowest BCUT2D eigenvalue weighted by atomic mass is 9.92. The van der Waals surface area contributed by atoms with Gasteiger partial charge in [-0.05, 0) is 56.3 Å². The zero-order valence-electron chi connectivity index (χ0n) is 26.3. The lowest BCUT2D eigenvalue weighted by molar-refractivity contribution is -0.136. The van der Waals surface area contributed by atoms with Crippen LogP contribution in [0.5, 0.6) is 0 Å². The maximum atomic E-state index is 14.0. The number of thioether (sulfide) groups is 1. The predicted octanol–water partition coefficient (Wildman–Crippen LogP) is 4.16. The number of pyridine rings is 1. The van der Waals surface area contributed by atoms with E-state index in [-0.39, 0.29) is 40.8 Å². The van der Waals surface area contributed by atoms with Gasteiger partial charge in [-0.1, -0.05) is 39.0 Å². The van der Waals surface area contributed by atoms with Gasteiger partial charge < -0.3 is 20.0 Å². The van der Waals surface area contributed by atoms with Crippen molar-refractivity contribution in [1.29, 1.82) is 0 Å². The fraction of sp³-hybridized carbons (Fsp3) is 0.576. The number of H-pyrrole nitrogens is 1. The topological polar surface area (TPSA) is 107 Å². The van der Waals surface area contributed by atoms with Crippen LogP contribution in [0, 0.1) is 5.41 Å². The van der Waals surface area contributed by atoms with Crippen LogP contribution in [0.15, 0.2) is 47.4 Å². The molecule has 0 bridgehead atoms. The Balaban J connectivity index is 1.16. The molecule has 3 aliphatic rings. The third-order valence-electron chi connectivity index (χ3n) is 9.41. The highest BCUT2D eigenvalue weighted by Crippen LogP contribution is 2.48. The molecule has 0 saturated carbocycles. The van der Waals surface area contributed by atoms with Crippen LogP contribution in [-0.4, -0.2) is 87.2 Å². The van der Waals surface area contributed by atoms with E-state index < -0.39 is 5.25 Å². The molecule has 5 heterocycles. The van der Waals surface area contributed by atoms with Crippen molar-refractivity contribution < 1.29 is 9.59 Å². The average molecular weight is 620 g/mol. The zero-order valence-corrected chi connectivity index (χ0v) is 27.1. The van der Waals surface area contributed by atoms with E-state index in [0.717, 1.165) is 37.0 Å². The molecule has 11 heteroatoms. The number of carbonyl (C=O) groups is 2. The number of nitrogens with one attached hydrogen (secondary N) is 2. The minimum absolute atomic E-state index is 0.00820. The highest BCUT2D eigenvalue weighted by molar-refractivity contribution is 8.01. The van der Waals surface area contributed by atoms with E-state index >= 15 is 0 Å². The quantitative estimate of drug-likeness (QED) is 0.390. The van der Waals surface area contributed by atoms with Crippen LogP contribution in [0.1, 0.15) is 69.9 Å². The molecule has 0 radical (unpaired) electrons. The number of piperidine rings is 1. The van der Waals surface area contributed by atoms with Crippen LogP contribution in [0.2, 0.25) is 0 Å². The van der Waals surface area contributed by atoms with Crippen LogP contribution in [-0.2, 0) is 9.59 Å². The molecule has 1 aromatic carbocycles. The molecule has 0 aliphatic carbocycles. The van der Waals surface area contributed by atoms with Gasteiger partial charge in [0.1, 0.15) is 5.37 Å². The van der Waals surface area contributed by atoms with Crippen LogP contribution in [0.25, 0.3) is 11.2 Å². The van der Waals surface area contributed by atoms with Crippen LogP contribution >= 0.6 is 11.8 Å². The molecule has 3 aromatic rings. The number of aromatic nitrogens is 3. The number of carbonyl (C=O) groups excluding carboxylic acids is 2. The first-order valence-electron chi connectivity index (χ1n) is 15.9. The summed E-state index contributed by atoms with van der Waals surface area (Å²) >= 11 is 1.63. The molecule has 3 aliphatic heterocycles. The maximum Gasteiger partial charge on any atom is 0.327 e. The van der Waals surface area contributed by atoms with Gasteiger partial charge >= 0.3 is 5.69 Å². The first kappa shape index (κ1) is 30.7. The van der Waals surface area contributed by atoms with Gasteiger partial charge in [-0.2, -0.15) is 0 Å². The van der Waals surface area contributed by atoms with Crippen LogP contribution in [0.4, 0.5) is 5.69 Å². The monoisotopic (exact) mass is 619 g/mol. The van der Waals surface area contributed by atoms with Gasteiger partial charge in [0.15, 0.2) is 5.65 Å². The molecular formula is C33H45N7O3S. The Bertz CT molecular complexity index is 1550. The highest BCUT2D eigenvalue weighted by atomic mass is 32.2. The summed E-state index contributed by atoms with van der Waals surface area (Å²) in [5.41, 5.74) is 3.66. The first-order valence-corrected chi connectivity index (χ1v) is 16.9. The zero-order chi connectivity index (χ0) is 31.0. The summed E-state index contributed by atoms with van der Waals surface area (Å²) in [7, 11) is 2.02. The lowest BCUT2D eigenvalue weighted by Crippen LogP contribution is -2.42. The molecule has 3 atom stereocenters. The van der Waals surface area contributed by atoms with Crippen LogP contribution < -0.4 is 15.9 Å². The van der Waals surface area contributed by atoms with E-state index in [9.17, 15) is 14.4 Å². The smallest absolute Gasteiger partial charge is 0.327 e. The number of imidazole rings is 1. The Morgan fingerprint density at radius 1 is 1.07 bits per heavy atom. The second-order valence-corrected chi connectivity index (χ2v) is 14.9. The highest BCUT2D eigenvalue weighted by Gasteiger charge is 2.44. The van der Waals surface area contributed by atoms with E-state index in [2.05, 4.69) is 65.2 Å². The summed E-state index contributed by atoms with van der Waals surface area (Å²) in [6.07, 6.45) is 5.23. The van der Waals surface area contributed by atoms with Gasteiger partial charge in [0.05, 0.1) is 10.8 Å². The number of benzene rings is 1. The number of hydrogen-bond donors (Lipinski definition) is 2. The van der Waals surface area contributed by atoms with E-state index in [0.29, 0.717) is 44.2 Å². The van der Waals surface area contributed by atoms with Crippen molar-refractivity contribution in [3.05, 3.63) is 58.6 Å². The third-order valence-corrected chi connectivity index (χ3v) is 10.9. The van der Waals surface area contributed by atoms with Crippen molar-refractivity contribution in [2.75, 3.05) is 44.7 Å². The van der Waals surface area contributed by atoms with Gasteiger partial charge in [0.25, 0.3) is 0 Å². The molecule has 2 amide bonds. The number of amides is 2. The number of likely N-dealkylation sites (N-methyl/N-ethyl adjacent to an activating group) is 1. The molecule has 2 N–H and O–H groups in total. The van der Waals surface area contributed by atoms with E-state index in [4.69, 9.17) is 0 Å². The number of anilines is 1. The van der Waals surface area contributed by atoms with Crippen LogP contribution in [0.3, 0.4) is 0 Å². The first-order chi connectivity index (χ1) is 21.1. The third kappa shape index (κ3) is 6.26. The largest absolute Gasteiger partial charge is 0.370 e. The number of rotatable bonds is 8. The molecule has 44 heavy (non-hydrogen) atoms. The molecule has 3 saturated heterocycles. The van der Waals surface area contributed by atoms with Gasteiger partial charge in [0, 0.05) is 68.7 Å². The number of fused-ring (bicyclic) bond motifs is 1. The normalized spacial score (nSPS) is 23.3. The summed E-state index contributed by atoms with van der Waals surface area (Å²) in [6.45, 7) is 10.3. The van der Waals surface area contributed by atoms with Crippen molar-refractivity contribution in [2.45, 2.75) is 75.6 Å². The Kier molecular flexibility index (Phi) is 8.79. The number of hydrogen-bond acceptors (Lipinski definition) is 7. The summed E-state index contributed by atoms with van der Waals surface area (Å²) in [5, 5.41) is 2.87. The minimum atomic E-state index is -0.413. The summed E-state index contributed by atoms with van der Waals surface area (Å²) in [4.78, 5) is 53.8. The van der Waals surface area contributed by atoms with Gasteiger partial charge in [-0.25, -0.2) is 9.78 Å². The Morgan fingerprint density at radius 3 is 2.57 bits per heavy atom. The number of para-hydroxylation sites is 1. The van der Waals surface area contributed by atoms with Crippen molar-refractivity contribution in [3.8, 4) is 0 Å². The van der Waals surface area contributed by atoms with Crippen molar-refractivity contribution >= 4 is 40.4 Å². The molecular weight excluding hydrogens is 574 g/mol. The van der Waals surface area contributed by atoms with Gasteiger partial charge in [-0.15, -0.1) is 11.8 Å². The number of aromatic amines is 1. The summed E-state index contributed by atoms with van der Waals surface area (Å²) < 4.78 is 1.79. The molecule has 3 fully saturated rings. The van der Waals surface area contributed by atoms with Crippen molar-refractivity contribution in [1.82, 2.24) is 29.7 Å². The lowest BCUT2D eigenvalue weighted by Gasteiger charge is -2.33. The second-order valence-electron chi connectivity index (χ2n) is 13.6. The molecule has 2 unspecified atom stereocenters. The Morgan fingerprint density at radius 2 is 1.84 bits per heavy atom. The summed E-state index contributed by atoms with van der Waals surface area (Å²) in [6, 6.07) is 12.7. The Labute approximate surface area is 263 Å². The van der Waals surface area contributed by atoms with E-state index in [1.165, 1.54) is 5.69 Å². The second kappa shape index (κ2) is 12.6. The van der Waals surface area contributed by atoms with Gasteiger partial charge in [-0.3, -0.25) is 19.1 Å². The predicted molar refractivity (Wildman–Crippen MR) is 176 cm³/mol. The molecule has 236 valence electrons. The Hall–Kier alpha value is -3.31. The van der Waals surface area contributed by atoms with E-state index in [1.807, 2.05) is 29.0 Å².